The minimum atomic E-state index is -0.306. The average molecular weight is 377 g/mol. The highest BCUT2D eigenvalue weighted by atomic mass is 16.2. The minimum absolute atomic E-state index is 0.147. The lowest BCUT2D eigenvalue weighted by atomic mass is 9.95. The van der Waals surface area contributed by atoms with Crippen LogP contribution in [0, 0.1) is 0 Å². The van der Waals surface area contributed by atoms with Gasteiger partial charge in [0.25, 0.3) is 11.5 Å². The second kappa shape index (κ2) is 7.88. The molecule has 0 atom stereocenters. The molecule has 0 aromatic carbocycles. The maximum Gasteiger partial charge on any atom is 0.265 e. The average Bonchev–Trinajstić information content (AvgIpc) is 2.74. The van der Waals surface area contributed by atoms with Gasteiger partial charge in [-0.1, -0.05) is 19.3 Å². The van der Waals surface area contributed by atoms with Crippen molar-refractivity contribution in [2.45, 2.75) is 51.6 Å². The molecule has 0 bridgehead atoms. The van der Waals surface area contributed by atoms with Crippen LogP contribution in [0.15, 0.2) is 41.6 Å². The van der Waals surface area contributed by atoms with E-state index in [1.165, 1.54) is 6.42 Å². The van der Waals surface area contributed by atoms with E-state index in [0.717, 1.165) is 36.6 Å². The smallest absolute Gasteiger partial charge is 0.265 e. The molecule has 0 saturated heterocycles. The number of rotatable bonds is 4. The maximum atomic E-state index is 12.9. The molecular formula is C21H23N5O2. The number of aromatic nitrogens is 4. The third kappa shape index (κ3) is 3.52. The van der Waals surface area contributed by atoms with Crippen molar-refractivity contribution in [3.63, 3.8) is 0 Å². The van der Waals surface area contributed by atoms with Crippen molar-refractivity contribution in [1.29, 1.82) is 0 Å². The first-order chi connectivity index (χ1) is 13.7. The summed E-state index contributed by atoms with van der Waals surface area (Å²) in [7, 11) is 0. The molecule has 4 rings (SSSR count). The van der Waals surface area contributed by atoms with E-state index in [9.17, 15) is 9.59 Å². The zero-order chi connectivity index (χ0) is 19.5. The first kappa shape index (κ1) is 18.3. The molecule has 3 heterocycles. The van der Waals surface area contributed by atoms with Crippen molar-refractivity contribution in [2.24, 2.45) is 0 Å². The molecule has 1 fully saturated rings. The van der Waals surface area contributed by atoms with Gasteiger partial charge in [-0.2, -0.15) is 0 Å². The van der Waals surface area contributed by atoms with Gasteiger partial charge >= 0.3 is 0 Å². The van der Waals surface area contributed by atoms with Gasteiger partial charge in [0.1, 0.15) is 11.2 Å². The monoisotopic (exact) mass is 377 g/mol. The normalized spacial score (nSPS) is 14.9. The Hall–Kier alpha value is -3.09. The Morgan fingerprint density at radius 2 is 1.89 bits per heavy atom. The summed E-state index contributed by atoms with van der Waals surface area (Å²) in [4.78, 5) is 38.7. The van der Waals surface area contributed by atoms with Gasteiger partial charge in [-0.15, -0.1) is 0 Å². The van der Waals surface area contributed by atoms with Crippen molar-refractivity contribution in [1.82, 2.24) is 24.8 Å². The van der Waals surface area contributed by atoms with Gasteiger partial charge in [0, 0.05) is 42.1 Å². The molecule has 0 radical (unpaired) electrons. The second-order valence-corrected chi connectivity index (χ2v) is 7.13. The van der Waals surface area contributed by atoms with Crippen LogP contribution in [0.25, 0.3) is 22.4 Å². The lowest BCUT2D eigenvalue weighted by Crippen LogP contribution is -2.40. The number of hydrogen-bond donors (Lipinski definition) is 1. The zero-order valence-electron chi connectivity index (χ0n) is 15.9. The van der Waals surface area contributed by atoms with E-state index in [1.54, 1.807) is 35.3 Å². The fourth-order valence-electron chi connectivity index (χ4n) is 3.80. The standard InChI is InChI=1S/C21H23N5O2/c1-2-26-19-14(11-15(13-24-19)18-22-9-6-10-23-18)12-17(21(26)28)20(27)25-16-7-4-3-5-8-16/h6,9-13,16H,2-5,7-8H2,1H3,(H,25,27). The number of pyridine rings is 2. The summed E-state index contributed by atoms with van der Waals surface area (Å²) in [5.74, 6) is 0.252. The van der Waals surface area contributed by atoms with Crippen LogP contribution in [0.5, 0.6) is 0 Å². The lowest BCUT2D eigenvalue weighted by Gasteiger charge is -2.22. The summed E-state index contributed by atoms with van der Waals surface area (Å²) < 4.78 is 1.54. The molecule has 0 spiro atoms. The van der Waals surface area contributed by atoms with Gasteiger partial charge in [-0.05, 0) is 38.0 Å². The van der Waals surface area contributed by atoms with Crippen LogP contribution in [0.4, 0.5) is 0 Å². The molecule has 7 heteroatoms. The fraction of sp³-hybridized carbons (Fsp3) is 0.381. The van der Waals surface area contributed by atoms with E-state index in [2.05, 4.69) is 20.3 Å². The molecule has 0 unspecified atom stereocenters. The molecule has 3 aromatic heterocycles. The molecule has 1 amide bonds. The Labute approximate surface area is 162 Å². The number of amides is 1. The van der Waals surface area contributed by atoms with Gasteiger partial charge < -0.3 is 5.32 Å². The molecule has 1 aliphatic rings. The van der Waals surface area contributed by atoms with Crippen LogP contribution in [0.1, 0.15) is 49.4 Å². The van der Waals surface area contributed by atoms with E-state index in [4.69, 9.17) is 0 Å². The summed E-state index contributed by atoms with van der Waals surface area (Å²) in [6.07, 6.45) is 10.4. The molecular weight excluding hydrogens is 354 g/mol. The molecule has 0 aliphatic heterocycles. The third-order valence-electron chi connectivity index (χ3n) is 5.25. The Kier molecular flexibility index (Phi) is 5.14. The first-order valence-corrected chi connectivity index (χ1v) is 9.79. The largest absolute Gasteiger partial charge is 0.349 e. The van der Waals surface area contributed by atoms with E-state index in [1.807, 2.05) is 13.0 Å². The highest BCUT2D eigenvalue weighted by molar-refractivity contribution is 5.97. The zero-order valence-corrected chi connectivity index (χ0v) is 15.9. The number of aryl methyl sites for hydroxylation is 1. The number of fused-ring (bicyclic) bond motifs is 1. The van der Waals surface area contributed by atoms with E-state index >= 15 is 0 Å². The van der Waals surface area contributed by atoms with Gasteiger partial charge in [0.2, 0.25) is 0 Å². The highest BCUT2D eigenvalue weighted by Crippen LogP contribution is 2.21. The summed E-state index contributed by atoms with van der Waals surface area (Å²) in [6, 6.07) is 5.41. The van der Waals surface area contributed by atoms with E-state index < -0.39 is 0 Å². The summed E-state index contributed by atoms with van der Waals surface area (Å²) >= 11 is 0. The number of nitrogens with zero attached hydrogens (tertiary/aromatic N) is 4. The Morgan fingerprint density at radius 3 is 2.61 bits per heavy atom. The van der Waals surface area contributed by atoms with Crippen molar-refractivity contribution < 1.29 is 4.79 Å². The number of nitrogens with one attached hydrogen (secondary N) is 1. The fourth-order valence-corrected chi connectivity index (χ4v) is 3.80. The van der Waals surface area contributed by atoms with Gasteiger partial charge in [-0.25, -0.2) is 15.0 Å². The van der Waals surface area contributed by atoms with Crippen LogP contribution >= 0.6 is 0 Å². The van der Waals surface area contributed by atoms with E-state index in [-0.39, 0.29) is 23.1 Å². The second-order valence-electron chi connectivity index (χ2n) is 7.13. The molecule has 1 N–H and O–H groups in total. The molecule has 1 aliphatic carbocycles. The predicted molar refractivity (Wildman–Crippen MR) is 107 cm³/mol. The molecule has 7 nitrogen and oxygen atoms in total. The summed E-state index contributed by atoms with van der Waals surface area (Å²) in [5, 5.41) is 3.76. The predicted octanol–water partition coefficient (Wildman–Crippen LogP) is 2.94. The quantitative estimate of drug-likeness (QED) is 0.755. The topological polar surface area (TPSA) is 89.8 Å². The van der Waals surface area contributed by atoms with Crippen molar-refractivity contribution in [2.75, 3.05) is 0 Å². The molecule has 28 heavy (non-hydrogen) atoms. The number of hydrogen-bond acceptors (Lipinski definition) is 5. The molecule has 144 valence electrons. The van der Waals surface area contributed by atoms with Crippen molar-refractivity contribution >= 4 is 16.9 Å². The Balaban J connectivity index is 1.76. The first-order valence-electron chi connectivity index (χ1n) is 9.79. The molecule has 3 aromatic rings. The van der Waals surface area contributed by atoms with Gasteiger partial charge in [-0.3, -0.25) is 14.2 Å². The van der Waals surface area contributed by atoms with Crippen LogP contribution in [-0.4, -0.2) is 31.5 Å². The molecule has 1 saturated carbocycles. The lowest BCUT2D eigenvalue weighted by molar-refractivity contribution is 0.0926. The van der Waals surface area contributed by atoms with Gasteiger partial charge in [0.15, 0.2) is 5.82 Å². The van der Waals surface area contributed by atoms with Crippen LogP contribution in [0.2, 0.25) is 0 Å². The maximum absolute atomic E-state index is 12.9. The third-order valence-corrected chi connectivity index (χ3v) is 5.25. The van der Waals surface area contributed by atoms with Crippen LogP contribution in [0.3, 0.4) is 0 Å². The van der Waals surface area contributed by atoms with Crippen molar-refractivity contribution in [3.8, 4) is 11.4 Å². The van der Waals surface area contributed by atoms with Gasteiger partial charge in [0.05, 0.1) is 0 Å². The minimum Gasteiger partial charge on any atom is -0.349 e. The summed E-state index contributed by atoms with van der Waals surface area (Å²) in [6.45, 7) is 2.31. The SMILES string of the molecule is CCn1c(=O)c(C(=O)NC2CCCCC2)cc2cc(-c3ncccn3)cnc21. The Morgan fingerprint density at radius 1 is 1.14 bits per heavy atom. The van der Waals surface area contributed by atoms with Crippen LogP contribution < -0.4 is 10.9 Å². The summed E-state index contributed by atoms with van der Waals surface area (Å²) in [5.41, 5.74) is 1.15. The van der Waals surface area contributed by atoms with Crippen LogP contribution in [-0.2, 0) is 6.54 Å². The number of carbonyl (C=O) groups is 1. The van der Waals surface area contributed by atoms with Crippen molar-refractivity contribution in [3.05, 3.63) is 52.7 Å². The number of carbonyl (C=O) groups excluding carboxylic acids is 1. The van der Waals surface area contributed by atoms with E-state index in [0.29, 0.717) is 18.0 Å². The Bertz CT molecular complexity index is 1060. The highest BCUT2D eigenvalue weighted by Gasteiger charge is 2.21.